The first kappa shape index (κ1) is 8.75. The predicted molar refractivity (Wildman–Crippen MR) is 49.4 cm³/mol. The number of carboxylic acids is 1. The molecule has 0 saturated carbocycles. The summed E-state index contributed by atoms with van der Waals surface area (Å²) in [4.78, 5) is 12.8. The second-order valence-corrected chi connectivity index (χ2v) is 4.00. The van der Waals surface area contributed by atoms with Gasteiger partial charge in [0.15, 0.2) is 0 Å². The Hall–Kier alpha value is -0.830. The molecule has 13 heavy (non-hydrogen) atoms. The van der Waals surface area contributed by atoms with Crippen LogP contribution in [0.2, 0.25) is 0 Å². The van der Waals surface area contributed by atoms with Gasteiger partial charge in [-0.25, -0.2) is 4.79 Å². The van der Waals surface area contributed by atoms with Gasteiger partial charge in [0.25, 0.3) is 0 Å². The van der Waals surface area contributed by atoms with E-state index in [9.17, 15) is 4.79 Å². The molecule has 3 rings (SSSR count). The van der Waals surface area contributed by atoms with Gasteiger partial charge in [0.05, 0.1) is 0 Å². The molecule has 0 aromatic rings. The van der Waals surface area contributed by atoms with Crippen LogP contribution in [-0.4, -0.2) is 35.6 Å². The van der Waals surface area contributed by atoms with Crippen molar-refractivity contribution in [2.24, 2.45) is 11.8 Å². The molecule has 0 aliphatic carbocycles. The number of carbonyl (C=O) groups is 1. The molecular weight excluding hydrogens is 166 g/mol. The highest BCUT2D eigenvalue weighted by Crippen LogP contribution is 2.32. The highest BCUT2D eigenvalue weighted by Gasteiger charge is 2.32. The Balaban J connectivity index is 1.97. The minimum Gasteiger partial charge on any atom is -0.478 e. The van der Waals surface area contributed by atoms with Gasteiger partial charge in [0.1, 0.15) is 0 Å². The maximum Gasteiger partial charge on any atom is 0.327 e. The topological polar surface area (TPSA) is 40.5 Å². The van der Waals surface area contributed by atoms with E-state index in [0.717, 1.165) is 12.5 Å². The minimum atomic E-state index is -0.823. The fourth-order valence-electron chi connectivity index (χ4n) is 2.43. The van der Waals surface area contributed by atoms with E-state index >= 15 is 0 Å². The van der Waals surface area contributed by atoms with E-state index < -0.39 is 5.97 Å². The molecule has 2 bridgehead atoms. The number of nitrogens with zero attached hydrogens (tertiary/aromatic N) is 1. The molecule has 0 radical (unpaired) electrons. The summed E-state index contributed by atoms with van der Waals surface area (Å²) in [5, 5.41) is 8.51. The molecular formula is C10H15NO2. The second kappa shape index (κ2) is 3.50. The third-order valence-corrected chi connectivity index (χ3v) is 3.19. The highest BCUT2D eigenvalue weighted by molar-refractivity contribution is 5.79. The van der Waals surface area contributed by atoms with Crippen LogP contribution in [-0.2, 0) is 4.79 Å². The Labute approximate surface area is 78.0 Å². The molecule has 3 heteroatoms. The number of fused-ring (bicyclic) bond motifs is 3. The molecule has 3 fully saturated rings. The van der Waals surface area contributed by atoms with E-state index in [2.05, 4.69) is 4.90 Å². The van der Waals surface area contributed by atoms with Gasteiger partial charge >= 0.3 is 5.97 Å². The van der Waals surface area contributed by atoms with Crippen molar-refractivity contribution in [1.29, 1.82) is 0 Å². The van der Waals surface area contributed by atoms with Crippen LogP contribution in [0.25, 0.3) is 0 Å². The van der Waals surface area contributed by atoms with Crippen LogP contribution in [0.4, 0.5) is 0 Å². The van der Waals surface area contributed by atoms with Crippen molar-refractivity contribution in [3.05, 3.63) is 12.2 Å². The van der Waals surface area contributed by atoms with E-state index in [1.54, 1.807) is 0 Å². The van der Waals surface area contributed by atoms with Crippen molar-refractivity contribution in [3.8, 4) is 0 Å². The van der Waals surface area contributed by atoms with E-state index in [1.165, 1.54) is 32.0 Å². The summed E-state index contributed by atoms with van der Waals surface area (Å²) in [5.74, 6) is 0.399. The first-order valence-corrected chi connectivity index (χ1v) is 4.89. The summed E-state index contributed by atoms with van der Waals surface area (Å²) in [6.07, 6.45) is 5.66. The van der Waals surface area contributed by atoms with Crippen LogP contribution in [0.3, 0.4) is 0 Å². The van der Waals surface area contributed by atoms with Crippen molar-refractivity contribution >= 4 is 5.97 Å². The summed E-state index contributed by atoms with van der Waals surface area (Å²) in [6.45, 7) is 3.48. The zero-order chi connectivity index (χ0) is 9.26. The van der Waals surface area contributed by atoms with Crippen molar-refractivity contribution in [3.63, 3.8) is 0 Å². The lowest BCUT2D eigenvalue weighted by atomic mass is 9.79. The van der Waals surface area contributed by atoms with Gasteiger partial charge in [0, 0.05) is 12.6 Å². The zero-order valence-corrected chi connectivity index (χ0v) is 7.65. The maximum absolute atomic E-state index is 10.3. The summed E-state index contributed by atoms with van der Waals surface area (Å²) >= 11 is 0. The van der Waals surface area contributed by atoms with Crippen LogP contribution >= 0.6 is 0 Å². The van der Waals surface area contributed by atoms with Gasteiger partial charge in [0.2, 0.25) is 0 Å². The first-order chi connectivity index (χ1) is 6.25. The van der Waals surface area contributed by atoms with E-state index in [1.807, 2.05) is 6.08 Å². The average molecular weight is 181 g/mol. The molecule has 0 spiro atoms. The Bertz CT molecular complexity index is 229. The third-order valence-electron chi connectivity index (χ3n) is 3.19. The van der Waals surface area contributed by atoms with Crippen LogP contribution in [0.15, 0.2) is 12.2 Å². The number of rotatable bonds is 2. The molecule has 0 aromatic carbocycles. The predicted octanol–water partition coefficient (Wildman–Crippen LogP) is 0.969. The normalized spacial score (nSPS) is 38.3. The summed E-state index contributed by atoms with van der Waals surface area (Å²) < 4.78 is 0. The molecule has 1 unspecified atom stereocenters. The number of hydrogen-bond donors (Lipinski definition) is 1. The lowest BCUT2D eigenvalue weighted by Gasteiger charge is -2.43. The fourth-order valence-corrected chi connectivity index (χ4v) is 2.43. The Kier molecular flexibility index (Phi) is 2.36. The summed E-state index contributed by atoms with van der Waals surface area (Å²) in [7, 11) is 0. The number of aliphatic carboxylic acids is 1. The van der Waals surface area contributed by atoms with Crippen LogP contribution < -0.4 is 0 Å². The zero-order valence-electron chi connectivity index (χ0n) is 7.65. The third kappa shape index (κ3) is 1.91. The Morgan fingerprint density at radius 1 is 1.38 bits per heavy atom. The average Bonchev–Trinajstić information content (AvgIpc) is 2.17. The molecule has 3 heterocycles. The van der Waals surface area contributed by atoms with E-state index in [-0.39, 0.29) is 0 Å². The monoisotopic (exact) mass is 181 g/mol. The largest absolute Gasteiger partial charge is 0.478 e. The number of piperidine rings is 3. The summed E-state index contributed by atoms with van der Waals surface area (Å²) in [6, 6.07) is 0. The van der Waals surface area contributed by atoms with Crippen LogP contribution in [0, 0.1) is 11.8 Å². The fraction of sp³-hybridized carbons (Fsp3) is 0.700. The van der Waals surface area contributed by atoms with Gasteiger partial charge < -0.3 is 10.0 Å². The minimum absolute atomic E-state index is 0.485. The maximum atomic E-state index is 10.3. The second-order valence-electron chi connectivity index (χ2n) is 4.00. The molecule has 72 valence electrons. The van der Waals surface area contributed by atoms with Crippen molar-refractivity contribution in [2.45, 2.75) is 12.8 Å². The number of carboxylic acid groups (broad SMARTS) is 1. The molecule has 1 atom stereocenters. The quantitative estimate of drug-likeness (QED) is 0.645. The van der Waals surface area contributed by atoms with Crippen molar-refractivity contribution in [1.82, 2.24) is 4.90 Å². The van der Waals surface area contributed by atoms with E-state index in [0.29, 0.717) is 5.92 Å². The van der Waals surface area contributed by atoms with Gasteiger partial charge in [-0.1, -0.05) is 6.08 Å². The Morgan fingerprint density at radius 2 is 2.08 bits per heavy atom. The molecule has 3 aliphatic heterocycles. The molecule has 0 amide bonds. The van der Waals surface area contributed by atoms with E-state index in [4.69, 9.17) is 5.11 Å². The molecule has 3 saturated heterocycles. The Morgan fingerprint density at radius 3 is 2.54 bits per heavy atom. The SMILES string of the molecule is O=C(O)/C=C/C1CN2CCC1CC2. The molecule has 3 nitrogen and oxygen atoms in total. The van der Waals surface area contributed by atoms with Gasteiger partial charge in [-0.15, -0.1) is 0 Å². The highest BCUT2D eigenvalue weighted by atomic mass is 16.4. The van der Waals surface area contributed by atoms with Gasteiger partial charge in [-0.3, -0.25) is 0 Å². The first-order valence-electron chi connectivity index (χ1n) is 4.89. The lowest BCUT2D eigenvalue weighted by Crippen LogP contribution is -2.46. The molecule has 3 aliphatic rings. The van der Waals surface area contributed by atoms with Crippen molar-refractivity contribution < 1.29 is 9.90 Å². The van der Waals surface area contributed by atoms with Crippen molar-refractivity contribution in [2.75, 3.05) is 19.6 Å². The van der Waals surface area contributed by atoms with Crippen LogP contribution in [0.1, 0.15) is 12.8 Å². The lowest BCUT2D eigenvalue weighted by molar-refractivity contribution is -0.131. The molecule has 1 N–H and O–H groups in total. The van der Waals surface area contributed by atoms with Gasteiger partial charge in [-0.05, 0) is 37.8 Å². The molecule has 0 aromatic heterocycles. The smallest absolute Gasteiger partial charge is 0.327 e. The number of hydrogen-bond acceptors (Lipinski definition) is 2. The van der Waals surface area contributed by atoms with Gasteiger partial charge in [-0.2, -0.15) is 0 Å². The summed E-state index contributed by atoms with van der Waals surface area (Å²) in [5.41, 5.74) is 0. The van der Waals surface area contributed by atoms with Crippen LogP contribution in [0.5, 0.6) is 0 Å². The standard InChI is InChI=1S/C10H15NO2/c12-10(13)2-1-9-7-11-5-3-8(9)4-6-11/h1-2,8-9H,3-7H2,(H,12,13)/b2-1+.